The maximum atomic E-state index is 14.3. The van der Waals surface area contributed by atoms with E-state index in [0.29, 0.717) is 50.4 Å². The number of piperidine rings is 1. The lowest BCUT2D eigenvalue weighted by Gasteiger charge is -2.40. The minimum Gasteiger partial charge on any atom is -0.455 e. The highest BCUT2D eigenvalue weighted by Crippen LogP contribution is 2.31. The monoisotopic (exact) mass is 638 g/mol. The van der Waals surface area contributed by atoms with Gasteiger partial charge in [0.25, 0.3) is 21.6 Å². The van der Waals surface area contributed by atoms with Gasteiger partial charge in [-0.15, -0.1) is 0 Å². The maximum Gasteiger partial charge on any atom is 0.293 e. The summed E-state index contributed by atoms with van der Waals surface area (Å²) in [6.07, 6.45) is 4.03. The Kier molecular flexibility index (Phi) is 8.65. The van der Waals surface area contributed by atoms with Crippen LogP contribution in [0.5, 0.6) is 11.5 Å². The molecule has 2 fully saturated rings. The van der Waals surface area contributed by atoms with Crippen LogP contribution >= 0.6 is 0 Å². The average Bonchev–Trinajstić information content (AvgIpc) is 3.50. The Morgan fingerprint density at radius 1 is 1.13 bits per heavy atom. The number of H-pyrrole nitrogens is 1. The second-order valence-electron chi connectivity index (χ2n) is 11.0. The molecule has 4 aromatic rings. The first kappa shape index (κ1) is 30.4. The van der Waals surface area contributed by atoms with E-state index in [1.807, 2.05) is 4.72 Å². The number of pyridine rings is 1. The van der Waals surface area contributed by atoms with Crippen LogP contribution < -0.4 is 14.8 Å². The highest BCUT2D eigenvalue weighted by molar-refractivity contribution is 7.90. The quantitative estimate of drug-likeness (QED) is 0.177. The molecule has 2 aromatic heterocycles. The summed E-state index contributed by atoms with van der Waals surface area (Å²) in [6.45, 7) is 1.86. The molecule has 2 aliphatic heterocycles. The number of hydrogen-bond acceptors (Lipinski definition) is 10. The van der Waals surface area contributed by atoms with Gasteiger partial charge in [0.05, 0.1) is 28.2 Å². The number of benzene rings is 2. The van der Waals surface area contributed by atoms with Crippen LogP contribution in [0.1, 0.15) is 29.6 Å². The molecule has 0 aliphatic carbocycles. The molecule has 2 aromatic carbocycles. The van der Waals surface area contributed by atoms with Crippen LogP contribution in [0.2, 0.25) is 0 Å². The van der Waals surface area contributed by atoms with Gasteiger partial charge in [0, 0.05) is 49.4 Å². The number of halogens is 1. The molecular weight excluding hydrogens is 607 g/mol. The zero-order valence-corrected chi connectivity index (χ0v) is 24.8. The van der Waals surface area contributed by atoms with Crippen LogP contribution in [0.15, 0.2) is 71.9 Å². The van der Waals surface area contributed by atoms with E-state index in [-0.39, 0.29) is 35.7 Å². The number of rotatable bonds is 9. The number of fused-ring (bicyclic) bond motifs is 1. The number of alkyl halides is 1. The number of nitrogens with zero attached hydrogens (tertiary/aromatic N) is 3. The first-order chi connectivity index (χ1) is 21.7. The van der Waals surface area contributed by atoms with Gasteiger partial charge in [-0.1, -0.05) is 12.1 Å². The zero-order chi connectivity index (χ0) is 31.6. The summed E-state index contributed by atoms with van der Waals surface area (Å²) in [4.78, 5) is 33.3. The van der Waals surface area contributed by atoms with Crippen molar-refractivity contribution < 1.29 is 32.0 Å². The molecule has 2 aliphatic rings. The van der Waals surface area contributed by atoms with Gasteiger partial charge in [-0.05, 0) is 55.7 Å². The predicted molar refractivity (Wildman–Crippen MR) is 163 cm³/mol. The highest BCUT2D eigenvalue weighted by atomic mass is 32.2. The van der Waals surface area contributed by atoms with Crippen LogP contribution in [0.3, 0.4) is 0 Å². The number of aromatic nitrogens is 2. The summed E-state index contributed by atoms with van der Waals surface area (Å²) >= 11 is 0. The minimum absolute atomic E-state index is 0.0609. The molecule has 236 valence electrons. The Hall–Kier alpha value is -4.60. The molecule has 1 amide bonds. The number of nitro benzene ring substituents is 1. The van der Waals surface area contributed by atoms with Crippen molar-refractivity contribution >= 4 is 38.3 Å². The topological polar surface area (TPSA) is 169 Å². The molecule has 13 nitrogen and oxygen atoms in total. The maximum absolute atomic E-state index is 14.3. The number of aromatic amines is 1. The molecule has 4 heterocycles. The third-order valence-corrected chi connectivity index (χ3v) is 9.38. The number of hydrogen-bond donors (Lipinski definition) is 3. The Balaban J connectivity index is 1.14. The molecule has 0 spiro atoms. The number of carbonyl (C=O) groups excluding carboxylic acids is 1. The van der Waals surface area contributed by atoms with E-state index in [4.69, 9.17) is 9.47 Å². The number of sulfonamides is 1. The molecule has 0 radical (unpaired) electrons. The Morgan fingerprint density at radius 3 is 2.71 bits per heavy atom. The number of amides is 1. The normalized spacial score (nSPS) is 19.7. The van der Waals surface area contributed by atoms with Crippen molar-refractivity contribution in [2.24, 2.45) is 0 Å². The summed E-state index contributed by atoms with van der Waals surface area (Å²) in [5.74, 6) is -0.542. The average molecular weight is 639 g/mol. The summed E-state index contributed by atoms with van der Waals surface area (Å²) in [7, 11) is -4.51. The molecule has 2 saturated heterocycles. The van der Waals surface area contributed by atoms with Crippen molar-refractivity contribution in [3.05, 3.63) is 82.7 Å². The lowest BCUT2D eigenvalue weighted by Crippen LogP contribution is -2.51. The van der Waals surface area contributed by atoms with Crippen molar-refractivity contribution in [3.63, 3.8) is 0 Å². The standard InChI is InChI=1S/C30H31FN6O7S/c31-24-18-43-14-10-26(24)36-12-8-20(9-13-36)34-25-6-5-22(16-27(25)37(39)40)45(41,42)35-30(38)23-3-1-2-4-28(23)44-21-15-19-7-11-32-29(19)33-17-21/h1-7,11,15-17,20,24,26,34H,8-10,12-14,18H2,(H,32,33)(H,35,38)/t24-,26+/m1/s1. The zero-order valence-electron chi connectivity index (χ0n) is 24.0. The number of carbonyl (C=O) groups is 1. The lowest BCUT2D eigenvalue weighted by molar-refractivity contribution is -0.384. The van der Waals surface area contributed by atoms with Gasteiger partial charge in [0.15, 0.2) is 0 Å². The van der Waals surface area contributed by atoms with Crippen molar-refractivity contribution in [2.75, 3.05) is 31.6 Å². The number of likely N-dealkylation sites (tertiary alicyclic amines) is 1. The van der Waals surface area contributed by atoms with Gasteiger partial charge in [-0.2, -0.15) is 0 Å². The van der Waals surface area contributed by atoms with Crippen LogP contribution in [0.4, 0.5) is 15.8 Å². The summed E-state index contributed by atoms with van der Waals surface area (Å²) in [6, 6.07) is 12.7. The summed E-state index contributed by atoms with van der Waals surface area (Å²) < 4.78 is 53.8. The minimum atomic E-state index is -4.51. The third-order valence-electron chi connectivity index (χ3n) is 8.05. The summed E-state index contributed by atoms with van der Waals surface area (Å²) in [5, 5.41) is 15.9. The Labute approximate surface area is 257 Å². The predicted octanol–water partition coefficient (Wildman–Crippen LogP) is 4.39. The molecular formula is C30H31FN6O7S. The van der Waals surface area contributed by atoms with E-state index >= 15 is 0 Å². The first-order valence-electron chi connectivity index (χ1n) is 14.5. The summed E-state index contributed by atoms with van der Waals surface area (Å²) in [5.41, 5.74) is 0.304. The van der Waals surface area contributed by atoms with Gasteiger partial charge in [-0.25, -0.2) is 22.5 Å². The Bertz CT molecular complexity index is 1830. The van der Waals surface area contributed by atoms with Crippen molar-refractivity contribution in [3.8, 4) is 11.5 Å². The largest absolute Gasteiger partial charge is 0.455 e. The SMILES string of the molecule is O=C(NS(=O)(=O)c1ccc(NC2CCN([C@H]3CCOC[C@H]3F)CC2)c([N+](=O)[O-])c1)c1ccccc1Oc1cnc2[nH]ccc2c1. The van der Waals surface area contributed by atoms with E-state index < -0.39 is 37.6 Å². The molecule has 45 heavy (non-hydrogen) atoms. The second kappa shape index (κ2) is 12.8. The molecule has 0 unspecified atom stereocenters. The number of ether oxygens (including phenoxy) is 2. The van der Waals surface area contributed by atoms with Gasteiger partial charge in [0.1, 0.15) is 29.0 Å². The van der Waals surface area contributed by atoms with Crippen molar-refractivity contribution in [1.29, 1.82) is 0 Å². The van der Waals surface area contributed by atoms with E-state index in [0.717, 1.165) is 11.5 Å². The first-order valence-corrected chi connectivity index (χ1v) is 15.9. The van der Waals surface area contributed by atoms with E-state index in [2.05, 4.69) is 20.2 Å². The molecule has 0 bridgehead atoms. The van der Waals surface area contributed by atoms with Gasteiger partial charge in [-0.3, -0.25) is 19.8 Å². The van der Waals surface area contributed by atoms with Crippen LogP contribution in [0, 0.1) is 10.1 Å². The number of nitro groups is 1. The molecule has 3 N–H and O–H groups in total. The van der Waals surface area contributed by atoms with E-state index in [1.165, 1.54) is 30.5 Å². The van der Waals surface area contributed by atoms with E-state index in [9.17, 15) is 27.7 Å². The number of anilines is 1. The van der Waals surface area contributed by atoms with Crippen molar-refractivity contribution in [2.45, 2.75) is 42.4 Å². The van der Waals surface area contributed by atoms with Gasteiger partial charge >= 0.3 is 0 Å². The molecule has 2 atom stereocenters. The fraction of sp³-hybridized carbons (Fsp3) is 0.333. The third kappa shape index (κ3) is 6.74. The number of nitrogens with one attached hydrogen (secondary N) is 3. The van der Waals surface area contributed by atoms with Gasteiger partial charge in [0.2, 0.25) is 0 Å². The smallest absolute Gasteiger partial charge is 0.293 e. The van der Waals surface area contributed by atoms with Crippen LogP contribution in [-0.4, -0.2) is 78.7 Å². The Morgan fingerprint density at radius 2 is 1.93 bits per heavy atom. The highest BCUT2D eigenvalue weighted by Gasteiger charge is 2.34. The molecule has 15 heteroatoms. The van der Waals surface area contributed by atoms with Crippen LogP contribution in [-0.2, 0) is 14.8 Å². The molecule has 0 saturated carbocycles. The lowest BCUT2D eigenvalue weighted by atomic mass is 9.98. The van der Waals surface area contributed by atoms with Crippen molar-refractivity contribution in [1.82, 2.24) is 19.6 Å². The van der Waals surface area contributed by atoms with Gasteiger partial charge < -0.3 is 19.8 Å². The van der Waals surface area contributed by atoms with Crippen LogP contribution in [0.25, 0.3) is 11.0 Å². The molecule has 6 rings (SSSR count). The number of para-hydroxylation sites is 1. The fourth-order valence-electron chi connectivity index (χ4n) is 5.73. The fourth-order valence-corrected chi connectivity index (χ4v) is 6.72. The van der Waals surface area contributed by atoms with E-state index in [1.54, 1.807) is 30.5 Å². The second-order valence-corrected chi connectivity index (χ2v) is 12.6.